The van der Waals surface area contributed by atoms with Gasteiger partial charge in [0.2, 0.25) is 0 Å². The molecule has 1 N–H and O–H groups in total. The van der Waals surface area contributed by atoms with Gasteiger partial charge in [0.1, 0.15) is 5.82 Å². The Morgan fingerprint density at radius 1 is 1.35 bits per heavy atom. The Kier molecular flexibility index (Phi) is 4.77. The van der Waals surface area contributed by atoms with Crippen molar-refractivity contribution >= 4 is 11.6 Å². The van der Waals surface area contributed by atoms with Crippen molar-refractivity contribution in [3.8, 4) is 0 Å². The van der Waals surface area contributed by atoms with E-state index in [-0.39, 0.29) is 5.82 Å². The molecule has 0 spiro atoms. The zero-order chi connectivity index (χ0) is 12.1. The summed E-state index contributed by atoms with van der Waals surface area (Å²) in [5.41, 5.74) is 0.666. The molecule has 1 aromatic rings. The minimum atomic E-state index is -0.241. The first kappa shape index (κ1) is 12.8. The number of hydrogen-bond donors (Lipinski definition) is 1. The molecule has 94 valence electrons. The van der Waals surface area contributed by atoms with Gasteiger partial charge in [-0.1, -0.05) is 17.7 Å². The molecule has 1 aromatic carbocycles. The SMILES string of the molecule is Fc1cc(Cl)ccc1CN[C@@H]1CCCOCC1. The van der Waals surface area contributed by atoms with Crippen LogP contribution < -0.4 is 5.32 Å². The van der Waals surface area contributed by atoms with E-state index in [1.54, 1.807) is 12.1 Å². The highest BCUT2D eigenvalue weighted by Gasteiger charge is 2.12. The molecule has 1 fully saturated rings. The molecule has 2 nitrogen and oxygen atoms in total. The molecule has 1 aliphatic rings. The van der Waals surface area contributed by atoms with Crippen molar-refractivity contribution in [1.82, 2.24) is 5.32 Å². The van der Waals surface area contributed by atoms with E-state index in [2.05, 4.69) is 5.32 Å². The van der Waals surface area contributed by atoms with Gasteiger partial charge in [0.05, 0.1) is 0 Å². The normalized spacial score (nSPS) is 21.2. The van der Waals surface area contributed by atoms with E-state index in [0.29, 0.717) is 23.2 Å². The summed E-state index contributed by atoms with van der Waals surface area (Å²) >= 11 is 5.71. The first-order valence-electron chi connectivity index (χ1n) is 6.01. The number of ether oxygens (including phenoxy) is 1. The van der Waals surface area contributed by atoms with Crippen LogP contribution in [0.25, 0.3) is 0 Å². The van der Waals surface area contributed by atoms with Gasteiger partial charge < -0.3 is 10.1 Å². The fourth-order valence-electron chi connectivity index (χ4n) is 2.03. The second-order valence-electron chi connectivity index (χ2n) is 4.36. The standard InChI is InChI=1S/C13H17ClFNO/c14-11-4-3-10(13(15)8-11)9-16-12-2-1-6-17-7-5-12/h3-4,8,12,16H,1-2,5-7,9H2/t12-/m1/s1. The second kappa shape index (κ2) is 6.34. The lowest BCUT2D eigenvalue weighted by atomic mass is 10.1. The Morgan fingerprint density at radius 2 is 2.24 bits per heavy atom. The van der Waals surface area contributed by atoms with E-state index in [1.807, 2.05) is 0 Å². The largest absolute Gasteiger partial charge is 0.381 e. The number of benzene rings is 1. The first-order valence-corrected chi connectivity index (χ1v) is 6.38. The van der Waals surface area contributed by atoms with Gasteiger partial charge in [0.25, 0.3) is 0 Å². The molecular weight excluding hydrogens is 241 g/mol. The first-order chi connectivity index (χ1) is 8.25. The van der Waals surface area contributed by atoms with Crippen LogP contribution in [0.2, 0.25) is 5.02 Å². The van der Waals surface area contributed by atoms with Crippen LogP contribution in [-0.2, 0) is 11.3 Å². The van der Waals surface area contributed by atoms with Gasteiger partial charge in [0, 0.05) is 36.4 Å². The molecule has 1 atom stereocenters. The lowest BCUT2D eigenvalue weighted by Gasteiger charge is -2.15. The number of halogens is 2. The van der Waals surface area contributed by atoms with Crippen molar-refractivity contribution in [1.29, 1.82) is 0 Å². The third-order valence-corrected chi connectivity index (χ3v) is 3.28. The zero-order valence-electron chi connectivity index (χ0n) is 9.72. The smallest absolute Gasteiger partial charge is 0.129 e. The minimum Gasteiger partial charge on any atom is -0.381 e. The van der Waals surface area contributed by atoms with Gasteiger partial charge in [0.15, 0.2) is 0 Å². The molecule has 4 heteroatoms. The molecule has 0 radical (unpaired) electrons. The van der Waals surface area contributed by atoms with Crippen LogP contribution in [0.15, 0.2) is 18.2 Å². The summed E-state index contributed by atoms with van der Waals surface area (Å²) in [6.07, 6.45) is 3.16. The highest BCUT2D eigenvalue weighted by molar-refractivity contribution is 6.30. The van der Waals surface area contributed by atoms with Crippen LogP contribution in [0, 0.1) is 5.82 Å². The van der Waals surface area contributed by atoms with Crippen molar-refractivity contribution in [3.63, 3.8) is 0 Å². The lowest BCUT2D eigenvalue weighted by Crippen LogP contribution is -2.29. The van der Waals surface area contributed by atoms with Gasteiger partial charge in [-0.3, -0.25) is 0 Å². The average molecular weight is 258 g/mol. The van der Waals surface area contributed by atoms with Crippen molar-refractivity contribution in [2.45, 2.75) is 31.8 Å². The Hall–Kier alpha value is -0.640. The molecular formula is C13H17ClFNO. The molecule has 0 saturated carbocycles. The maximum Gasteiger partial charge on any atom is 0.129 e. The van der Waals surface area contributed by atoms with Gasteiger partial charge in [-0.15, -0.1) is 0 Å². The Balaban J connectivity index is 1.88. The third-order valence-electron chi connectivity index (χ3n) is 3.05. The molecule has 1 aliphatic heterocycles. The summed E-state index contributed by atoms with van der Waals surface area (Å²) in [7, 11) is 0. The molecule has 1 saturated heterocycles. The van der Waals surface area contributed by atoms with E-state index in [0.717, 1.165) is 32.5 Å². The van der Waals surface area contributed by atoms with Crippen LogP contribution in [-0.4, -0.2) is 19.3 Å². The fourth-order valence-corrected chi connectivity index (χ4v) is 2.19. The van der Waals surface area contributed by atoms with E-state index >= 15 is 0 Å². The second-order valence-corrected chi connectivity index (χ2v) is 4.79. The zero-order valence-corrected chi connectivity index (χ0v) is 10.5. The van der Waals surface area contributed by atoms with Crippen LogP contribution in [0.1, 0.15) is 24.8 Å². The maximum atomic E-state index is 13.5. The van der Waals surface area contributed by atoms with E-state index < -0.39 is 0 Å². The summed E-state index contributed by atoms with van der Waals surface area (Å²) < 4.78 is 18.9. The molecule has 0 bridgehead atoms. The minimum absolute atomic E-state index is 0.241. The predicted molar refractivity (Wildman–Crippen MR) is 66.7 cm³/mol. The van der Waals surface area contributed by atoms with E-state index in [4.69, 9.17) is 16.3 Å². The van der Waals surface area contributed by atoms with Crippen molar-refractivity contribution in [2.75, 3.05) is 13.2 Å². The summed E-state index contributed by atoms with van der Waals surface area (Å²) in [5.74, 6) is -0.241. The van der Waals surface area contributed by atoms with Crippen LogP contribution in [0.4, 0.5) is 4.39 Å². The monoisotopic (exact) mass is 257 g/mol. The van der Waals surface area contributed by atoms with Crippen molar-refractivity contribution in [2.24, 2.45) is 0 Å². The Labute approximate surface area is 106 Å². The van der Waals surface area contributed by atoms with Gasteiger partial charge in [-0.25, -0.2) is 4.39 Å². The summed E-state index contributed by atoms with van der Waals surface area (Å²) in [4.78, 5) is 0. The molecule has 0 unspecified atom stereocenters. The molecule has 0 aliphatic carbocycles. The van der Waals surface area contributed by atoms with E-state index in [9.17, 15) is 4.39 Å². The maximum absolute atomic E-state index is 13.5. The summed E-state index contributed by atoms with van der Waals surface area (Å²) in [6, 6.07) is 5.23. The Bertz CT molecular complexity index is 364. The fraction of sp³-hybridized carbons (Fsp3) is 0.538. The quantitative estimate of drug-likeness (QED) is 0.898. The average Bonchev–Trinajstić information content (AvgIpc) is 2.56. The van der Waals surface area contributed by atoms with Crippen molar-refractivity contribution in [3.05, 3.63) is 34.6 Å². The highest BCUT2D eigenvalue weighted by atomic mass is 35.5. The summed E-state index contributed by atoms with van der Waals surface area (Å²) in [6.45, 7) is 2.18. The Morgan fingerprint density at radius 3 is 3.06 bits per heavy atom. The van der Waals surface area contributed by atoms with Crippen LogP contribution in [0.3, 0.4) is 0 Å². The van der Waals surface area contributed by atoms with Crippen LogP contribution >= 0.6 is 11.6 Å². The topological polar surface area (TPSA) is 21.3 Å². The van der Waals surface area contributed by atoms with Gasteiger partial charge in [-0.2, -0.15) is 0 Å². The number of rotatable bonds is 3. The van der Waals surface area contributed by atoms with Crippen LogP contribution in [0.5, 0.6) is 0 Å². The summed E-state index contributed by atoms with van der Waals surface area (Å²) in [5, 5.41) is 3.81. The third kappa shape index (κ3) is 3.95. The molecule has 17 heavy (non-hydrogen) atoms. The number of hydrogen-bond acceptors (Lipinski definition) is 2. The molecule has 1 heterocycles. The number of nitrogens with one attached hydrogen (secondary N) is 1. The molecule has 0 amide bonds. The predicted octanol–water partition coefficient (Wildman–Crippen LogP) is 3.14. The molecule has 2 rings (SSSR count). The highest BCUT2D eigenvalue weighted by Crippen LogP contribution is 2.15. The molecule has 0 aromatic heterocycles. The van der Waals surface area contributed by atoms with E-state index in [1.165, 1.54) is 6.07 Å². The van der Waals surface area contributed by atoms with Crippen molar-refractivity contribution < 1.29 is 9.13 Å². The lowest BCUT2D eigenvalue weighted by molar-refractivity contribution is 0.142. The van der Waals surface area contributed by atoms with Gasteiger partial charge in [-0.05, 0) is 31.4 Å². The van der Waals surface area contributed by atoms with Gasteiger partial charge >= 0.3 is 0 Å².